The van der Waals surface area contributed by atoms with Gasteiger partial charge in [-0.05, 0) is 92.1 Å². The summed E-state index contributed by atoms with van der Waals surface area (Å²) in [7, 11) is -1.97. The zero-order valence-electron chi connectivity index (χ0n) is 24.4. The summed E-state index contributed by atoms with van der Waals surface area (Å²) in [5, 5.41) is 16.6. The first-order valence-corrected chi connectivity index (χ1v) is 16.2. The molecule has 0 aliphatic rings. The summed E-state index contributed by atoms with van der Waals surface area (Å²) in [6.07, 6.45) is -0.444. The SMILES string of the molecule is CNc1ccc(S(=O)(=O)[C@@H](CC(C)C)C[C@@H](O)[C@H](Cc2cccc(Br)c2)NC(=O)COc2c(C)cccc2C)cc1. The lowest BCUT2D eigenvalue weighted by Crippen LogP contribution is -2.48. The predicted octanol–water partition coefficient (Wildman–Crippen LogP) is 5.85. The average Bonchev–Trinajstić information content (AvgIpc) is 2.92. The smallest absolute Gasteiger partial charge is 0.258 e. The number of nitrogens with one attached hydrogen (secondary N) is 2. The minimum atomic E-state index is -3.75. The van der Waals surface area contributed by atoms with Gasteiger partial charge in [0.15, 0.2) is 16.4 Å². The van der Waals surface area contributed by atoms with Gasteiger partial charge in [0.2, 0.25) is 0 Å². The Balaban J connectivity index is 1.83. The quantitative estimate of drug-likeness (QED) is 0.203. The summed E-state index contributed by atoms with van der Waals surface area (Å²) >= 11 is 3.48. The second-order valence-electron chi connectivity index (χ2n) is 10.9. The fraction of sp³-hybridized carbons (Fsp3) is 0.406. The molecule has 0 saturated heterocycles. The molecule has 0 aromatic heterocycles. The van der Waals surface area contributed by atoms with Crippen LogP contribution in [0.4, 0.5) is 5.69 Å². The number of rotatable bonds is 14. The van der Waals surface area contributed by atoms with Gasteiger partial charge in [0.1, 0.15) is 5.75 Å². The van der Waals surface area contributed by atoms with Crippen LogP contribution in [0.3, 0.4) is 0 Å². The van der Waals surface area contributed by atoms with Crippen molar-refractivity contribution >= 4 is 37.4 Å². The number of aryl methyl sites for hydroxylation is 2. The molecule has 0 aliphatic heterocycles. The second kappa shape index (κ2) is 14.8. The van der Waals surface area contributed by atoms with E-state index in [9.17, 15) is 18.3 Å². The van der Waals surface area contributed by atoms with Crippen molar-refractivity contribution in [3.63, 3.8) is 0 Å². The molecule has 3 rings (SSSR count). The maximum Gasteiger partial charge on any atom is 0.258 e. The molecule has 0 aliphatic carbocycles. The number of carbonyl (C=O) groups is 1. The Hall–Kier alpha value is -2.88. The number of benzene rings is 3. The van der Waals surface area contributed by atoms with Crippen LogP contribution in [0.2, 0.25) is 0 Å². The van der Waals surface area contributed by atoms with Crippen molar-refractivity contribution in [1.29, 1.82) is 0 Å². The molecular weight excluding hydrogens is 604 g/mol. The number of carbonyl (C=O) groups excluding carboxylic acids is 1. The van der Waals surface area contributed by atoms with Gasteiger partial charge >= 0.3 is 0 Å². The minimum Gasteiger partial charge on any atom is -0.483 e. The van der Waals surface area contributed by atoms with E-state index in [-0.39, 0.29) is 23.8 Å². The van der Waals surface area contributed by atoms with Crippen molar-refractivity contribution in [3.8, 4) is 5.75 Å². The summed E-state index contributed by atoms with van der Waals surface area (Å²) in [6.45, 7) is 7.54. The third-order valence-corrected chi connectivity index (χ3v) is 9.75. The third-order valence-electron chi connectivity index (χ3n) is 7.06. The average molecular weight is 646 g/mol. The Morgan fingerprint density at radius 1 is 0.976 bits per heavy atom. The number of amides is 1. The molecule has 0 spiro atoms. The first-order chi connectivity index (χ1) is 19.4. The maximum atomic E-state index is 13.7. The molecule has 0 bridgehead atoms. The van der Waals surface area contributed by atoms with Crippen LogP contribution in [0.5, 0.6) is 5.75 Å². The van der Waals surface area contributed by atoms with Gasteiger partial charge in [-0.3, -0.25) is 4.79 Å². The van der Waals surface area contributed by atoms with Gasteiger partial charge in [-0.15, -0.1) is 0 Å². The van der Waals surface area contributed by atoms with Gasteiger partial charge < -0.3 is 20.5 Å². The van der Waals surface area contributed by atoms with E-state index in [4.69, 9.17) is 4.74 Å². The molecule has 3 N–H and O–H groups in total. The van der Waals surface area contributed by atoms with Crippen LogP contribution in [0.1, 0.15) is 43.4 Å². The van der Waals surface area contributed by atoms with Crippen LogP contribution in [0, 0.1) is 19.8 Å². The van der Waals surface area contributed by atoms with Gasteiger partial charge in [0.25, 0.3) is 5.91 Å². The van der Waals surface area contributed by atoms with Crippen molar-refractivity contribution in [2.45, 2.75) is 69.2 Å². The van der Waals surface area contributed by atoms with Crippen LogP contribution in [-0.4, -0.2) is 50.5 Å². The Morgan fingerprint density at radius 3 is 2.20 bits per heavy atom. The standard InChI is InChI=1S/C32H41BrN2O5S/c1-21(2)16-28(41(38,39)27-14-12-26(34-5)13-15-27)19-30(36)29(18-24-10-7-11-25(33)17-24)35-31(37)20-40-32-22(3)8-6-9-23(32)4/h6-15,17,21,28-30,34,36H,16,18-20H2,1-5H3,(H,35,37)/t28-,29-,30+/m0/s1. The first-order valence-electron chi connectivity index (χ1n) is 13.8. The number of aliphatic hydroxyl groups excluding tert-OH is 1. The zero-order chi connectivity index (χ0) is 30.2. The molecule has 3 aromatic rings. The summed E-state index contributed by atoms with van der Waals surface area (Å²) in [5.74, 6) is 0.346. The van der Waals surface area contributed by atoms with Gasteiger partial charge in [-0.1, -0.05) is 60.1 Å². The molecule has 1 amide bonds. The van der Waals surface area contributed by atoms with Crippen molar-refractivity contribution in [1.82, 2.24) is 5.32 Å². The molecule has 0 heterocycles. The monoisotopic (exact) mass is 644 g/mol. The van der Waals surface area contributed by atoms with E-state index in [0.29, 0.717) is 18.6 Å². The largest absolute Gasteiger partial charge is 0.483 e. The molecule has 0 fully saturated rings. The van der Waals surface area contributed by atoms with E-state index in [0.717, 1.165) is 26.9 Å². The van der Waals surface area contributed by atoms with Crippen LogP contribution >= 0.6 is 15.9 Å². The number of hydrogen-bond acceptors (Lipinski definition) is 6. The fourth-order valence-corrected chi connectivity index (χ4v) is 7.36. The highest BCUT2D eigenvalue weighted by atomic mass is 79.9. The van der Waals surface area contributed by atoms with E-state index in [1.165, 1.54) is 0 Å². The van der Waals surface area contributed by atoms with Crippen LogP contribution in [0.25, 0.3) is 0 Å². The van der Waals surface area contributed by atoms with E-state index < -0.39 is 33.1 Å². The second-order valence-corrected chi connectivity index (χ2v) is 14.0. The van der Waals surface area contributed by atoms with Crippen LogP contribution in [0.15, 0.2) is 76.1 Å². The van der Waals surface area contributed by atoms with Crippen LogP contribution < -0.4 is 15.4 Å². The Morgan fingerprint density at radius 2 is 1.61 bits per heavy atom. The number of hydrogen-bond donors (Lipinski definition) is 3. The van der Waals surface area contributed by atoms with Crippen molar-refractivity contribution < 1.29 is 23.1 Å². The van der Waals surface area contributed by atoms with Crippen molar-refractivity contribution in [2.75, 3.05) is 19.0 Å². The molecule has 3 atom stereocenters. The minimum absolute atomic E-state index is 0.0228. The van der Waals surface area contributed by atoms with Gasteiger partial charge in [-0.25, -0.2) is 8.42 Å². The molecule has 3 aromatic carbocycles. The highest BCUT2D eigenvalue weighted by Gasteiger charge is 2.33. The van der Waals surface area contributed by atoms with E-state index in [1.807, 2.05) is 70.2 Å². The molecule has 9 heteroatoms. The summed E-state index contributed by atoms with van der Waals surface area (Å²) in [4.78, 5) is 13.3. The van der Waals surface area contributed by atoms with Gasteiger partial charge in [0.05, 0.1) is 22.3 Å². The molecule has 0 unspecified atom stereocenters. The topological polar surface area (TPSA) is 105 Å². The molecule has 0 saturated carbocycles. The lowest BCUT2D eigenvalue weighted by atomic mass is 9.95. The number of para-hydroxylation sites is 1. The highest BCUT2D eigenvalue weighted by molar-refractivity contribution is 9.10. The zero-order valence-corrected chi connectivity index (χ0v) is 26.8. The van der Waals surface area contributed by atoms with E-state index >= 15 is 0 Å². The number of sulfone groups is 1. The third kappa shape index (κ3) is 9.31. The van der Waals surface area contributed by atoms with Gasteiger partial charge in [0, 0.05) is 17.2 Å². The normalized spacial score (nSPS) is 13.9. The lowest BCUT2D eigenvalue weighted by molar-refractivity contribution is -0.124. The van der Waals surface area contributed by atoms with E-state index in [2.05, 4.69) is 26.6 Å². The summed E-state index contributed by atoms with van der Waals surface area (Å²) in [5.41, 5.74) is 3.55. The van der Waals surface area contributed by atoms with E-state index in [1.54, 1.807) is 31.3 Å². The Bertz CT molecular complexity index is 1390. The first kappa shape index (κ1) is 32.6. The lowest BCUT2D eigenvalue weighted by Gasteiger charge is -2.29. The molecule has 0 radical (unpaired) electrons. The Kier molecular flexibility index (Phi) is 11.8. The number of anilines is 1. The number of halogens is 1. The van der Waals surface area contributed by atoms with Crippen molar-refractivity contribution in [2.24, 2.45) is 5.92 Å². The summed E-state index contributed by atoms with van der Waals surface area (Å²) < 4.78 is 34.2. The summed E-state index contributed by atoms with van der Waals surface area (Å²) in [6, 6.07) is 19.3. The fourth-order valence-electron chi connectivity index (χ4n) is 4.93. The molecular formula is C32H41BrN2O5S. The Labute approximate surface area is 252 Å². The maximum absolute atomic E-state index is 13.7. The van der Waals surface area contributed by atoms with Crippen molar-refractivity contribution in [3.05, 3.63) is 87.9 Å². The molecule has 7 nitrogen and oxygen atoms in total. The highest BCUT2D eigenvalue weighted by Crippen LogP contribution is 2.28. The van der Waals surface area contributed by atoms with Crippen LogP contribution in [-0.2, 0) is 21.1 Å². The number of aliphatic hydroxyl groups is 1. The predicted molar refractivity (Wildman–Crippen MR) is 168 cm³/mol. The molecule has 41 heavy (non-hydrogen) atoms. The van der Waals surface area contributed by atoms with Gasteiger partial charge in [-0.2, -0.15) is 0 Å². The number of ether oxygens (including phenoxy) is 1. The molecule has 222 valence electrons.